The Balaban J connectivity index is 1.51. The summed E-state index contributed by atoms with van der Waals surface area (Å²) in [6.45, 7) is 1.74. The first kappa shape index (κ1) is 16.4. The van der Waals surface area contributed by atoms with E-state index in [1.165, 1.54) is 6.07 Å². The molecule has 2 aliphatic rings. The van der Waals surface area contributed by atoms with E-state index in [1.807, 2.05) is 0 Å². The van der Waals surface area contributed by atoms with Crippen LogP contribution in [0.3, 0.4) is 0 Å². The number of nitrogens with one attached hydrogen (secondary N) is 1. The average molecular weight is 333 g/mol. The molecule has 7 heteroatoms. The van der Waals surface area contributed by atoms with E-state index >= 15 is 0 Å². The second-order valence-corrected chi connectivity index (χ2v) is 6.13. The lowest BCUT2D eigenvalue weighted by Gasteiger charge is -2.36. The third-order valence-electron chi connectivity index (χ3n) is 4.54. The molecule has 6 nitrogen and oxygen atoms in total. The van der Waals surface area contributed by atoms with Crippen molar-refractivity contribution >= 4 is 17.7 Å². The molecule has 0 aliphatic carbocycles. The Kier molecular flexibility index (Phi) is 4.78. The van der Waals surface area contributed by atoms with Crippen molar-refractivity contribution < 1.29 is 18.8 Å². The number of carbonyl (C=O) groups is 3. The van der Waals surface area contributed by atoms with Gasteiger partial charge in [0, 0.05) is 32.6 Å². The molecule has 1 aromatic carbocycles. The fraction of sp³-hybridized carbons (Fsp3) is 0.471. The Morgan fingerprint density at radius 2 is 1.79 bits per heavy atom. The zero-order chi connectivity index (χ0) is 17.1. The summed E-state index contributed by atoms with van der Waals surface area (Å²) in [7, 11) is 0. The summed E-state index contributed by atoms with van der Waals surface area (Å²) in [6, 6.07) is 5.82. The van der Waals surface area contributed by atoms with Crippen molar-refractivity contribution in [1.29, 1.82) is 0 Å². The van der Waals surface area contributed by atoms with Crippen LogP contribution in [0.4, 0.5) is 4.39 Å². The van der Waals surface area contributed by atoms with Gasteiger partial charge in [0.2, 0.25) is 17.7 Å². The Morgan fingerprint density at radius 1 is 1.12 bits per heavy atom. The lowest BCUT2D eigenvalue weighted by molar-refractivity contribution is -0.140. The molecule has 1 atom stereocenters. The Hall–Kier alpha value is -2.44. The summed E-state index contributed by atoms with van der Waals surface area (Å²) in [5.74, 6) is -0.688. The summed E-state index contributed by atoms with van der Waals surface area (Å²) in [5, 5.41) is 2.67. The number of hydrogen-bond acceptors (Lipinski definition) is 3. The lowest BCUT2D eigenvalue weighted by atomic mass is 10.1. The van der Waals surface area contributed by atoms with Gasteiger partial charge in [-0.1, -0.05) is 18.2 Å². The Labute approximate surface area is 139 Å². The van der Waals surface area contributed by atoms with Crippen LogP contribution >= 0.6 is 0 Å². The number of benzene rings is 1. The second-order valence-electron chi connectivity index (χ2n) is 6.13. The van der Waals surface area contributed by atoms with E-state index < -0.39 is 6.04 Å². The van der Waals surface area contributed by atoms with E-state index in [1.54, 1.807) is 28.0 Å². The molecule has 0 bridgehead atoms. The molecular weight excluding hydrogens is 313 g/mol. The zero-order valence-electron chi connectivity index (χ0n) is 13.3. The number of nitrogens with zero attached hydrogens (tertiary/aromatic N) is 2. The molecule has 2 fully saturated rings. The van der Waals surface area contributed by atoms with Gasteiger partial charge in [-0.25, -0.2) is 4.39 Å². The third kappa shape index (κ3) is 3.55. The molecule has 24 heavy (non-hydrogen) atoms. The predicted molar refractivity (Wildman–Crippen MR) is 84.4 cm³/mol. The van der Waals surface area contributed by atoms with E-state index in [0.717, 1.165) is 0 Å². The standard InChI is InChI=1S/C17H20FN3O3/c18-13-4-2-1-3-12(13)11-16(23)20-7-9-21(10-8-20)17(24)14-5-6-15(22)19-14/h1-4,14H,5-11H2,(H,19,22)/t14-/m0/s1. The molecule has 0 unspecified atom stereocenters. The molecule has 1 N–H and O–H groups in total. The highest BCUT2D eigenvalue weighted by Gasteiger charge is 2.33. The quantitative estimate of drug-likeness (QED) is 0.866. The highest BCUT2D eigenvalue weighted by molar-refractivity contribution is 5.91. The maximum atomic E-state index is 13.6. The van der Waals surface area contributed by atoms with Crippen molar-refractivity contribution in [2.75, 3.05) is 26.2 Å². The largest absolute Gasteiger partial charge is 0.344 e. The highest BCUT2D eigenvalue weighted by Crippen LogP contribution is 2.14. The van der Waals surface area contributed by atoms with Gasteiger partial charge in [0.1, 0.15) is 11.9 Å². The number of amides is 3. The van der Waals surface area contributed by atoms with Crippen molar-refractivity contribution in [1.82, 2.24) is 15.1 Å². The molecule has 0 saturated carbocycles. The summed E-state index contributed by atoms with van der Waals surface area (Å²) in [6.07, 6.45) is 0.945. The first-order chi connectivity index (χ1) is 11.5. The van der Waals surface area contributed by atoms with Crippen LogP contribution in [0.1, 0.15) is 18.4 Å². The summed E-state index contributed by atoms with van der Waals surface area (Å²) < 4.78 is 13.6. The van der Waals surface area contributed by atoms with Crippen LogP contribution in [0.15, 0.2) is 24.3 Å². The molecular formula is C17H20FN3O3. The second kappa shape index (κ2) is 6.98. The van der Waals surface area contributed by atoms with E-state index in [4.69, 9.17) is 0 Å². The fourth-order valence-electron chi connectivity index (χ4n) is 3.11. The number of halogens is 1. The molecule has 2 aliphatic heterocycles. The van der Waals surface area contributed by atoms with E-state index in [-0.39, 0.29) is 30.0 Å². The molecule has 2 heterocycles. The van der Waals surface area contributed by atoms with Crippen molar-refractivity contribution in [2.24, 2.45) is 0 Å². The Bertz CT molecular complexity index is 656. The van der Waals surface area contributed by atoms with E-state index in [0.29, 0.717) is 44.6 Å². The van der Waals surface area contributed by atoms with Gasteiger partial charge in [-0.05, 0) is 18.1 Å². The van der Waals surface area contributed by atoms with Crippen LogP contribution in [-0.2, 0) is 20.8 Å². The van der Waals surface area contributed by atoms with Crippen molar-refractivity contribution in [3.63, 3.8) is 0 Å². The molecule has 3 rings (SSSR count). The molecule has 0 aromatic heterocycles. The van der Waals surface area contributed by atoms with Crippen LogP contribution in [-0.4, -0.2) is 59.7 Å². The van der Waals surface area contributed by atoms with Crippen LogP contribution in [0.5, 0.6) is 0 Å². The molecule has 1 aromatic rings. The molecule has 2 saturated heterocycles. The summed E-state index contributed by atoms with van der Waals surface area (Å²) in [4.78, 5) is 39.2. The maximum Gasteiger partial charge on any atom is 0.245 e. The topological polar surface area (TPSA) is 69.7 Å². The monoisotopic (exact) mass is 333 g/mol. The SMILES string of the molecule is O=C1CC[C@@H](C(=O)N2CCN(C(=O)Cc3ccccc3F)CC2)N1. The van der Waals surface area contributed by atoms with Gasteiger partial charge in [-0.3, -0.25) is 14.4 Å². The molecule has 3 amide bonds. The minimum Gasteiger partial charge on any atom is -0.344 e. The van der Waals surface area contributed by atoms with Gasteiger partial charge in [0.15, 0.2) is 0 Å². The van der Waals surface area contributed by atoms with Gasteiger partial charge in [0.05, 0.1) is 6.42 Å². The van der Waals surface area contributed by atoms with Crippen LogP contribution in [0, 0.1) is 5.82 Å². The van der Waals surface area contributed by atoms with Crippen molar-refractivity contribution in [3.05, 3.63) is 35.6 Å². The average Bonchev–Trinajstić information content (AvgIpc) is 3.03. The van der Waals surface area contributed by atoms with Crippen LogP contribution < -0.4 is 5.32 Å². The highest BCUT2D eigenvalue weighted by atomic mass is 19.1. The van der Waals surface area contributed by atoms with Crippen LogP contribution in [0.25, 0.3) is 0 Å². The Morgan fingerprint density at radius 3 is 2.42 bits per heavy atom. The smallest absolute Gasteiger partial charge is 0.245 e. The number of carbonyl (C=O) groups excluding carboxylic acids is 3. The number of piperazine rings is 1. The number of rotatable bonds is 3. The summed E-state index contributed by atoms with van der Waals surface area (Å²) in [5.41, 5.74) is 0.384. The van der Waals surface area contributed by atoms with Crippen molar-refractivity contribution in [2.45, 2.75) is 25.3 Å². The zero-order valence-corrected chi connectivity index (χ0v) is 13.3. The van der Waals surface area contributed by atoms with Gasteiger partial charge in [0.25, 0.3) is 0 Å². The van der Waals surface area contributed by atoms with Crippen LogP contribution in [0.2, 0.25) is 0 Å². The van der Waals surface area contributed by atoms with Gasteiger partial charge in [-0.2, -0.15) is 0 Å². The van der Waals surface area contributed by atoms with E-state index in [2.05, 4.69) is 5.32 Å². The normalized spacial score (nSPS) is 20.9. The first-order valence-electron chi connectivity index (χ1n) is 8.14. The van der Waals surface area contributed by atoms with Gasteiger partial charge >= 0.3 is 0 Å². The minimum absolute atomic E-state index is 0.0271. The van der Waals surface area contributed by atoms with Gasteiger partial charge in [-0.15, -0.1) is 0 Å². The first-order valence-corrected chi connectivity index (χ1v) is 8.14. The molecule has 0 spiro atoms. The summed E-state index contributed by atoms with van der Waals surface area (Å²) >= 11 is 0. The molecule has 128 valence electrons. The maximum absolute atomic E-state index is 13.6. The van der Waals surface area contributed by atoms with Gasteiger partial charge < -0.3 is 15.1 Å². The number of hydrogen-bond donors (Lipinski definition) is 1. The molecule has 0 radical (unpaired) electrons. The predicted octanol–water partition coefficient (Wildman–Crippen LogP) is 0.318. The fourth-order valence-corrected chi connectivity index (χ4v) is 3.11. The van der Waals surface area contributed by atoms with E-state index in [9.17, 15) is 18.8 Å². The lowest BCUT2D eigenvalue weighted by Crippen LogP contribution is -2.54. The van der Waals surface area contributed by atoms with Crippen molar-refractivity contribution in [3.8, 4) is 0 Å². The third-order valence-corrected chi connectivity index (χ3v) is 4.54. The minimum atomic E-state index is -0.432.